The lowest BCUT2D eigenvalue weighted by Crippen LogP contribution is -2.49. The molecule has 20 heavy (non-hydrogen) atoms. The summed E-state index contributed by atoms with van der Waals surface area (Å²) in [6.45, 7) is 1.83. The van der Waals surface area contributed by atoms with Gasteiger partial charge in [0.15, 0.2) is 0 Å². The Balaban J connectivity index is 2.57. The minimum Gasteiger partial charge on any atom is -0.492 e. The zero-order valence-electron chi connectivity index (χ0n) is 11.0. The van der Waals surface area contributed by atoms with Crippen LogP contribution < -0.4 is 16.2 Å². The summed E-state index contributed by atoms with van der Waals surface area (Å²) < 4.78 is 5.73. The number of benzene rings is 1. The van der Waals surface area contributed by atoms with Gasteiger partial charge in [-0.3, -0.25) is 14.9 Å². The van der Waals surface area contributed by atoms with Crippen molar-refractivity contribution < 1.29 is 14.5 Å². The number of amides is 1. The fourth-order valence-corrected chi connectivity index (χ4v) is 2.02. The molecule has 1 atom stereocenters. The Morgan fingerprint density at radius 1 is 1.55 bits per heavy atom. The summed E-state index contributed by atoms with van der Waals surface area (Å²) in [4.78, 5) is 21.3. The number of rotatable bonds is 7. The lowest BCUT2D eigenvalue weighted by molar-refractivity contribution is -0.385. The van der Waals surface area contributed by atoms with Gasteiger partial charge in [-0.05, 0) is 41.8 Å². The first-order valence-corrected chi connectivity index (χ1v) is 6.69. The fourth-order valence-electron chi connectivity index (χ4n) is 1.50. The van der Waals surface area contributed by atoms with Gasteiger partial charge in [0.2, 0.25) is 5.91 Å². The molecule has 0 radical (unpaired) electrons. The smallest absolute Gasteiger partial charge is 0.287 e. The van der Waals surface area contributed by atoms with Crippen LogP contribution in [0.1, 0.15) is 19.8 Å². The molecule has 0 fully saturated rings. The molecular weight excluding hydrogens is 330 g/mol. The minimum absolute atomic E-state index is 0.0664. The first-order chi connectivity index (χ1) is 9.25. The van der Waals surface area contributed by atoms with E-state index in [1.165, 1.54) is 12.1 Å². The third-order valence-electron chi connectivity index (χ3n) is 2.80. The number of carbonyl (C=O) groups excluding carboxylic acids is 1. The normalized spacial score (nSPS) is 13.6. The topological polar surface area (TPSA) is 121 Å². The molecule has 1 rings (SSSR count). The Morgan fingerprint density at radius 2 is 2.20 bits per heavy atom. The molecule has 1 unspecified atom stereocenters. The first kappa shape index (κ1) is 16.4. The van der Waals surface area contributed by atoms with Crippen molar-refractivity contribution in [3.8, 4) is 5.75 Å². The van der Waals surface area contributed by atoms with E-state index in [1.54, 1.807) is 13.0 Å². The van der Waals surface area contributed by atoms with E-state index in [1.807, 2.05) is 0 Å². The molecule has 1 aromatic carbocycles. The number of primary amides is 1. The second-order valence-electron chi connectivity index (χ2n) is 4.58. The number of nitrogens with zero attached hydrogens (tertiary/aromatic N) is 1. The lowest BCUT2D eigenvalue weighted by atomic mass is 9.97. The predicted octanol–water partition coefficient (Wildman–Crippen LogP) is 1.72. The number of hydrogen-bond acceptors (Lipinski definition) is 5. The molecule has 0 bridgehead atoms. The molecule has 8 heteroatoms. The zero-order valence-corrected chi connectivity index (χ0v) is 12.6. The molecule has 110 valence electrons. The Labute approximate surface area is 124 Å². The van der Waals surface area contributed by atoms with Gasteiger partial charge in [0.1, 0.15) is 10.2 Å². The van der Waals surface area contributed by atoms with Crippen LogP contribution in [0.25, 0.3) is 0 Å². The number of ether oxygens (including phenoxy) is 1. The second-order valence-corrected chi connectivity index (χ2v) is 5.37. The molecule has 0 aliphatic rings. The highest BCUT2D eigenvalue weighted by molar-refractivity contribution is 9.10. The third kappa shape index (κ3) is 4.17. The van der Waals surface area contributed by atoms with Gasteiger partial charge in [0, 0.05) is 6.07 Å². The monoisotopic (exact) mass is 345 g/mol. The van der Waals surface area contributed by atoms with Crippen LogP contribution in [0, 0.1) is 10.1 Å². The van der Waals surface area contributed by atoms with Gasteiger partial charge in [-0.2, -0.15) is 0 Å². The van der Waals surface area contributed by atoms with Crippen molar-refractivity contribution in [2.75, 3.05) is 6.61 Å². The van der Waals surface area contributed by atoms with Crippen LogP contribution in [0.4, 0.5) is 5.69 Å². The number of halogens is 1. The van der Waals surface area contributed by atoms with E-state index >= 15 is 0 Å². The minimum atomic E-state index is -1.08. The Kier molecular flexibility index (Phi) is 5.46. The molecule has 1 amide bonds. The summed E-state index contributed by atoms with van der Waals surface area (Å²) in [5.41, 5.74) is 9.71. The number of nitro groups is 1. The molecule has 0 saturated carbocycles. The van der Waals surface area contributed by atoms with Gasteiger partial charge < -0.3 is 16.2 Å². The molecule has 0 aliphatic carbocycles. The quantitative estimate of drug-likeness (QED) is 0.442. The molecule has 0 aromatic heterocycles. The van der Waals surface area contributed by atoms with Crippen molar-refractivity contribution in [2.45, 2.75) is 25.3 Å². The maximum Gasteiger partial charge on any atom is 0.287 e. The van der Waals surface area contributed by atoms with Gasteiger partial charge in [-0.15, -0.1) is 0 Å². The summed E-state index contributed by atoms with van der Waals surface area (Å²) in [7, 11) is 0. The average molecular weight is 346 g/mol. The van der Waals surface area contributed by atoms with Crippen LogP contribution >= 0.6 is 15.9 Å². The molecule has 0 saturated heterocycles. The summed E-state index contributed by atoms with van der Waals surface area (Å²) >= 11 is 3.13. The van der Waals surface area contributed by atoms with E-state index < -0.39 is 16.4 Å². The molecule has 0 aliphatic heterocycles. The van der Waals surface area contributed by atoms with Crippen LogP contribution in [0.3, 0.4) is 0 Å². The van der Waals surface area contributed by atoms with Gasteiger partial charge in [0.25, 0.3) is 5.69 Å². The maximum absolute atomic E-state index is 11.0. The average Bonchev–Trinajstić information content (AvgIpc) is 2.35. The highest BCUT2D eigenvalue weighted by atomic mass is 79.9. The first-order valence-electron chi connectivity index (χ1n) is 5.90. The van der Waals surface area contributed by atoms with Crippen LogP contribution in [0.2, 0.25) is 0 Å². The van der Waals surface area contributed by atoms with Gasteiger partial charge in [0.05, 0.1) is 17.1 Å². The maximum atomic E-state index is 11.0. The van der Waals surface area contributed by atoms with E-state index in [0.29, 0.717) is 18.6 Å². The molecule has 0 heterocycles. The van der Waals surface area contributed by atoms with Crippen LogP contribution in [-0.4, -0.2) is 23.0 Å². The summed E-state index contributed by atoms with van der Waals surface area (Å²) in [5, 5.41) is 10.8. The number of carbonyl (C=O) groups is 1. The highest BCUT2D eigenvalue weighted by Gasteiger charge is 2.25. The van der Waals surface area contributed by atoms with E-state index in [4.69, 9.17) is 16.2 Å². The van der Waals surface area contributed by atoms with E-state index in [0.717, 1.165) is 0 Å². The van der Waals surface area contributed by atoms with Crippen molar-refractivity contribution in [3.05, 3.63) is 32.8 Å². The standard InChI is InChI=1S/C12H16BrN3O4/c1-12(15,11(14)17)6-3-7-20-9-5-2-4-8(10(9)13)16(18)19/h2,4-5H,3,6-7,15H2,1H3,(H2,14,17). The zero-order chi connectivity index (χ0) is 15.3. The van der Waals surface area contributed by atoms with Crippen LogP contribution in [-0.2, 0) is 4.79 Å². The number of nitro benzene ring substituents is 1. The summed E-state index contributed by atoms with van der Waals surface area (Å²) in [5.74, 6) is -0.203. The molecule has 1 aromatic rings. The van der Waals surface area contributed by atoms with Crippen molar-refractivity contribution >= 4 is 27.5 Å². The number of hydrogen-bond donors (Lipinski definition) is 2. The van der Waals surface area contributed by atoms with Crippen LogP contribution in [0.15, 0.2) is 22.7 Å². The van der Waals surface area contributed by atoms with Crippen molar-refractivity contribution in [2.24, 2.45) is 11.5 Å². The van der Waals surface area contributed by atoms with Crippen molar-refractivity contribution in [1.82, 2.24) is 0 Å². The Morgan fingerprint density at radius 3 is 2.75 bits per heavy atom. The Hall–Kier alpha value is -1.67. The molecule has 7 nitrogen and oxygen atoms in total. The SMILES string of the molecule is CC(N)(CCCOc1cccc([N+](=O)[O-])c1Br)C(N)=O. The van der Waals surface area contributed by atoms with Crippen LogP contribution in [0.5, 0.6) is 5.75 Å². The number of nitrogens with two attached hydrogens (primary N) is 2. The second kappa shape index (κ2) is 6.67. The fraction of sp³-hybridized carbons (Fsp3) is 0.417. The molecule has 4 N–H and O–H groups in total. The molecular formula is C12H16BrN3O4. The van der Waals surface area contributed by atoms with Gasteiger partial charge in [-0.25, -0.2) is 0 Å². The van der Waals surface area contributed by atoms with E-state index in [-0.39, 0.29) is 16.8 Å². The van der Waals surface area contributed by atoms with Crippen molar-refractivity contribution in [3.63, 3.8) is 0 Å². The summed E-state index contributed by atoms with van der Waals surface area (Å²) in [6, 6.07) is 4.53. The van der Waals surface area contributed by atoms with Crippen molar-refractivity contribution in [1.29, 1.82) is 0 Å². The Bertz CT molecular complexity index is 519. The van der Waals surface area contributed by atoms with Gasteiger partial charge >= 0.3 is 0 Å². The lowest BCUT2D eigenvalue weighted by Gasteiger charge is -2.20. The third-order valence-corrected chi connectivity index (χ3v) is 3.60. The summed E-state index contributed by atoms with van der Waals surface area (Å²) in [6.07, 6.45) is 0.875. The van der Waals surface area contributed by atoms with Gasteiger partial charge in [-0.1, -0.05) is 6.07 Å². The molecule has 0 spiro atoms. The highest BCUT2D eigenvalue weighted by Crippen LogP contribution is 2.33. The van der Waals surface area contributed by atoms with E-state index in [2.05, 4.69) is 15.9 Å². The largest absolute Gasteiger partial charge is 0.492 e. The predicted molar refractivity (Wildman–Crippen MR) is 77.3 cm³/mol. The van der Waals surface area contributed by atoms with E-state index in [9.17, 15) is 14.9 Å².